The molecule has 2 rings (SSSR count). The van der Waals surface area contributed by atoms with Crippen LogP contribution in [-0.2, 0) is 13.1 Å². The van der Waals surface area contributed by atoms with E-state index in [1.807, 2.05) is 11.3 Å². The molecule has 0 aliphatic carbocycles. The second-order valence-corrected chi connectivity index (χ2v) is 7.07. The van der Waals surface area contributed by atoms with Crippen molar-refractivity contribution in [2.24, 2.45) is 5.41 Å². The Morgan fingerprint density at radius 1 is 1.21 bits per heavy atom. The molecule has 1 N–H and O–H groups in total. The number of hydrogen-bond acceptors (Lipinski definition) is 3. The van der Waals surface area contributed by atoms with Crippen LogP contribution >= 0.6 is 11.3 Å². The van der Waals surface area contributed by atoms with Crippen molar-refractivity contribution < 1.29 is 0 Å². The second-order valence-electron chi connectivity index (χ2n) is 5.82. The van der Waals surface area contributed by atoms with Crippen molar-refractivity contribution in [2.75, 3.05) is 19.6 Å². The molecular formula is C16H28N2S. The van der Waals surface area contributed by atoms with Crippen molar-refractivity contribution in [3.63, 3.8) is 0 Å². The lowest BCUT2D eigenvalue weighted by atomic mass is 9.82. The summed E-state index contributed by atoms with van der Waals surface area (Å²) in [6.45, 7) is 12.7. The van der Waals surface area contributed by atoms with Crippen LogP contribution in [0.3, 0.4) is 0 Å². The summed E-state index contributed by atoms with van der Waals surface area (Å²) < 4.78 is 0. The molecule has 19 heavy (non-hydrogen) atoms. The van der Waals surface area contributed by atoms with Gasteiger partial charge in [-0.2, -0.15) is 0 Å². The summed E-state index contributed by atoms with van der Waals surface area (Å²) in [6, 6.07) is 4.60. The third-order valence-electron chi connectivity index (χ3n) is 4.66. The average Bonchev–Trinajstić information content (AvgIpc) is 3.04. The first kappa shape index (κ1) is 15.0. The molecule has 0 atom stereocenters. The highest BCUT2D eigenvalue weighted by Crippen LogP contribution is 2.37. The van der Waals surface area contributed by atoms with E-state index in [2.05, 4.69) is 43.1 Å². The second kappa shape index (κ2) is 6.87. The van der Waals surface area contributed by atoms with E-state index in [1.54, 1.807) is 0 Å². The van der Waals surface area contributed by atoms with E-state index in [4.69, 9.17) is 0 Å². The standard InChI is InChI=1S/C16H28N2S/c1-4-16(5-2)9-10-18(13-16)12-15-8-7-14(19-15)11-17-6-3/h7-8,17H,4-6,9-13H2,1-3H3. The summed E-state index contributed by atoms with van der Waals surface area (Å²) in [5.41, 5.74) is 0.601. The van der Waals surface area contributed by atoms with Crippen molar-refractivity contribution in [3.8, 4) is 0 Å². The molecule has 0 bridgehead atoms. The van der Waals surface area contributed by atoms with E-state index in [9.17, 15) is 0 Å². The zero-order valence-corrected chi connectivity index (χ0v) is 13.5. The van der Waals surface area contributed by atoms with Crippen LogP contribution in [0.25, 0.3) is 0 Å². The van der Waals surface area contributed by atoms with E-state index in [0.717, 1.165) is 19.6 Å². The average molecular weight is 280 g/mol. The summed E-state index contributed by atoms with van der Waals surface area (Å²) >= 11 is 1.97. The maximum Gasteiger partial charge on any atom is 0.0328 e. The molecule has 0 aromatic carbocycles. The van der Waals surface area contributed by atoms with Crippen LogP contribution in [0.2, 0.25) is 0 Å². The largest absolute Gasteiger partial charge is 0.312 e. The highest BCUT2D eigenvalue weighted by Gasteiger charge is 2.34. The molecule has 3 heteroatoms. The first-order chi connectivity index (χ1) is 9.21. The van der Waals surface area contributed by atoms with E-state index >= 15 is 0 Å². The summed E-state index contributed by atoms with van der Waals surface area (Å²) in [5.74, 6) is 0. The molecule has 0 saturated carbocycles. The highest BCUT2D eigenvalue weighted by molar-refractivity contribution is 7.11. The van der Waals surface area contributed by atoms with E-state index < -0.39 is 0 Å². The van der Waals surface area contributed by atoms with Gasteiger partial charge in [0.1, 0.15) is 0 Å². The highest BCUT2D eigenvalue weighted by atomic mass is 32.1. The quantitative estimate of drug-likeness (QED) is 0.815. The number of thiophene rings is 1. The molecule has 0 unspecified atom stereocenters. The third-order valence-corrected chi connectivity index (χ3v) is 5.73. The van der Waals surface area contributed by atoms with Gasteiger partial charge in [-0.3, -0.25) is 4.90 Å². The van der Waals surface area contributed by atoms with Gasteiger partial charge in [0, 0.05) is 29.4 Å². The summed E-state index contributed by atoms with van der Waals surface area (Å²) in [6.07, 6.45) is 4.04. The van der Waals surface area contributed by atoms with Gasteiger partial charge in [0.15, 0.2) is 0 Å². The number of rotatable bonds is 7. The zero-order chi connectivity index (χ0) is 13.7. The normalized spacial score (nSPS) is 19.1. The molecule has 1 aliphatic heterocycles. The van der Waals surface area contributed by atoms with Crippen LogP contribution in [0, 0.1) is 5.41 Å². The Bertz CT molecular complexity index is 382. The van der Waals surface area contributed by atoms with Crippen molar-refractivity contribution >= 4 is 11.3 Å². The zero-order valence-electron chi connectivity index (χ0n) is 12.7. The van der Waals surface area contributed by atoms with Crippen LogP contribution in [0.4, 0.5) is 0 Å². The van der Waals surface area contributed by atoms with Crippen LogP contribution in [-0.4, -0.2) is 24.5 Å². The van der Waals surface area contributed by atoms with Crippen molar-refractivity contribution in [3.05, 3.63) is 21.9 Å². The van der Waals surface area contributed by atoms with Gasteiger partial charge >= 0.3 is 0 Å². The predicted octanol–water partition coefficient (Wildman–Crippen LogP) is 3.87. The number of likely N-dealkylation sites (tertiary alicyclic amines) is 1. The Morgan fingerprint density at radius 2 is 1.95 bits per heavy atom. The minimum atomic E-state index is 0.601. The van der Waals surface area contributed by atoms with E-state index in [-0.39, 0.29) is 0 Å². The fourth-order valence-electron chi connectivity index (χ4n) is 3.06. The molecule has 0 radical (unpaired) electrons. The molecule has 1 fully saturated rings. The topological polar surface area (TPSA) is 15.3 Å². The summed E-state index contributed by atoms with van der Waals surface area (Å²) in [4.78, 5) is 5.64. The molecule has 0 spiro atoms. The first-order valence-electron chi connectivity index (χ1n) is 7.72. The monoisotopic (exact) mass is 280 g/mol. The number of nitrogens with one attached hydrogen (secondary N) is 1. The van der Waals surface area contributed by atoms with Gasteiger partial charge in [-0.05, 0) is 49.9 Å². The first-order valence-corrected chi connectivity index (χ1v) is 8.53. The minimum absolute atomic E-state index is 0.601. The Labute approximate surface area is 122 Å². The maximum atomic E-state index is 3.40. The summed E-state index contributed by atoms with van der Waals surface area (Å²) in [5, 5.41) is 3.40. The Hall–Kier alpha value is -0.380. The van der Waals surface area contributed by atoms with Crippen molar-refractivity contribution in [1.82, 2.24) is 10.2 Å². The fraction of sp³-hybridized carbons (Fsp3) is 0.750. The van der Waals surface area contributed by atoms with Gasteiger partial charge in [0.2, 0.25) is 0 Å². The molecule has 1 saturated heterocycles. The Balaban J connectivity index is 1.87. The third kappa shape index (κ3) is 3.80. The maximum absolute atomic E-state index is 3.40. The van der Waals surface area contributed by atoms with Gasteiger partial charge in [-0.15, -0.1) is 11.3 Å². The predicted molar refractivity (Wildman–Crippen MR) is 84.6 cm³/mol. The molecule has 1 aliphatic rings. The lowest BCUT2D eigenvalue weighted by Crippen LogP contribution is -2.25. The molecule has 1 aromatic rings. The number of hydrogen-bond donors (Lipinski definition) is 1. The van der Waals surface area contributed by atoms with Gasteiger partial charge in [-0.25, -0.2) is 0 Å². The Kier molecular flexibility index (Phi) is 5.43. The van der Waals surface area contributed by atoms with Crippen LogP contribution in [0.15, 0.2) is 12.1 Å². The van der Waals surface area contributed by atoms with Gasteiger partial charge in [0.25, 0.3) is 0 Å². The smallest absolute Gasteiger partial charge is 0.0328 e. The Morgan fingerprint density at radius 3 is 2.58 bits per heavy atom. The summed E-state index contributed by atoms with van der Waals surface area (Å²) in [7, 11) is 0. The van der Waals surface area contributed by atoms with Crippen molar-refractivity contribution in [2.45, 2.75) is 53.1 Å². The number of nitrogens with zero attached hydrogens (tertiary/aromatic N) is 1. The molecule has 2 nitrogen and oxygen atoms in total. The van der Waals surface area contributed by atoms with E-state index in [0.29, 0.717) is 5.41 Å². The van der Waals surface area contributed by atoms with Crippen LogP contribution < -0.4 is 5.32 Å². The molecular weight excluding hydrogens is 252 g/mol. The van der Waals surface area contributed by atoms with Crippen LogP contribution in [0.1, 0.15) is 49.8 Å². The van der Waals surface area contributed by atoms with Crippen molar-refractivity contribution in [1.29, 1.82) is 0 Å². The SMILES string of the molecule is CCNCc1ccc(CN2CCC(CC)(CC)C2)s1. The molecule has 108 valence electrons. The van der Waals surface area contributed by atoms with E-state index in [1.165, 1.54) is 42.1 Å². The van der Waals surface area contributed by atoms with Gasteiger partial charge in [0.05, 0.1) is 0 Å². The van der Waals surface area contributed by atoms with Gasteiger partial charge in [-0.1, -0.05) is 20.8 Å². The fourth-order valence-corrected chi connectivity index (χ4v) is 4.09. The minimum Gasteiger partial charge on any atom is -0.312 e. The van der Waals surface area contributed by atoms with Crippen LogP contribution in [0.5, 0.6) is 0 Å². The molecule has 2 heterocycles. The molecule has 1 aromatic heterocycles. The molecule has 0 amide bonds. The lowest BCUT2D eigenvalue weighted by Gasteiger charge is -2.26. The van der Waals surface area contributed by atoms with Gasteiger partial charge < -0.3 is 5.32 Å². The lowest BCUT2D eigenvalue weighted by molar-refractivity contribution is 0.237.